The molecule has 0 bridgehead atoms. The predicted molar refractivity (Wildman–Crippen MR) is 98.5 cm³/mol. The molecule has 0 radical (unpaired) electrons. The van der Waals surface area contributed by atoms with Crippen molar-refractivity contribution in [3.8, 4) is 0 Å². The number of benzene rings is 2. The highest BCUT2D eigenvalue weighted by Crippen LogP contribution is 2.45. The maximum Gasteiger partial charge on any atom is 0.410 e. The summed E-state index contributed by atoms with van der Waals surface area (Å²) in [5, 5.41) is 0. The number of carbonyl (C=O) groups is 1. The topological polar surface area (TPSA) is 32.8 Å². The largest absolute Gasteiger partial charge is 0.445 e. The van der Waals surface area contributed by atoms with E-state index < -0.39 is 0 Å². The van der Waals surface area contributed by atoms with Crippen molar-refractivity contribution in [2.45, 2.75) is 26.0 Å². The molecule has 2 aromatic rings. The summed E-state index contributed by atoms with van der Waals surface area (Å²) in [6.07, 6.45) is 0.840. The number of amides is 1. The maximum absolute atomic E-state index is 12.7. The second kappa shape index (κ2) is 6.79. The number of rotatable bonds is 3. The molecular weight excluding hydrogens is 312 g/mol. The molecule has 2 aliphatic rings. The van der Waals surface area contributed by atoms with Gasteiger partial charge in [0.1, 0.15) is 6.61 Å². The molecule has 1 amide bonds. The van der Waals surface area contributed by atoms with E-state index in [9.17, 15) is 4.79 Å². The fraction of sp³-hybridized carbons (Fsp3) is 0.381. The smallest absolute Gasteiger partial charge is 0.410 e. The van der Waals surface area contributed by atoms with Gasteiger partial charge in [-0.25, -0.2) is 4.79 Å². The zero-order valence-electron chi connectivity index (χ0n) is 14.6. The summed E-state index contributed by atoms with van der Waals surface area (Å²) in [6, 6.07) is 18.5. The van der Waals surface area contributed by atoms with Gasteiger partial charge in [-0.3, -0.25) is 0 Å². The third-order valence-corrected chi connectivity index (χ3v) is 5.40. The van der Waals surface area contributed by atoms with Crippen LogP contribution in [0.3, 0.4) is 0 Å². The molecule has 0 spiro atoms. The zero-order chi connectivity index (χ0) is 17.2. The van der Waals surface area contributed by atoms with Crippen LogP contribution < -0.4 is 4.90 Å². The highest BCUT2D eigenvalue weighted by molar-refractivity contribution is 5.70. The van der Waals surface area contributed by atoms with Crippen LogP contribution in [0.25, 0.3) is 0 Å². The Hall–Kier alpha value is -2.49. The van der Waals surface area contributed by atoms with Gasteiger partial charge in [-0.1, -0.05) is 48.5 Å². The highest BCUT2D eigenvalue weighted by atomic mass is 16.6. The minimum atomic E-state index is -0.198. The third kappa shape index (κ3) is 2.97. The molecule has 1 fully saturated rings. The highest BCUT2D eigenvalue weighted by Gasteiger charge is 2.43. The predicted octanol–water partition coefficient (Wildman–Crippen LogP) is 4.23. The SMILES string of the molecule is CCN1C[C@@H]2CCN(C(=O)OCc3ccccc3)[C@@H]2c2ccccc21. The molecule has 4 rings (SSSR count). The third-order valence-electron chi connectivity index (χ3n) is 5.40. The first-order valence-corrected chi connectivity index (χ1v) is 9.09. The molecule has 25 heavy (non-hydrogen) atoms. The minimum absolute atomic E-state index is 0.141. The second-order valence-electron chi connectivity index (χ2n) is 6.82. The molecule has 130 valence electrons. The van der Waals surface area contributed by atoms with E-state index in [0.717, 1.165) is 31.6 Å². The van der Waals surface area contributed by atoms with Crippen molar-refractivity contribution in [2.24, 2.45) is 5.92 Å². The summed E-state index contributed by atoms with van der Waals surface area (Å²) >= 11 is 0. The Morgan fingerprint density at radius 2 is 1.88 bits per heavy atom. The van der Waals surface area contributed by atoms with Crippen molar-refractivity contribution in [3.05, 3.63) is 65.7 Å². The Morgan fingerprint density at radius 1 is 1.12 bits per heavy atom. The van der Waals surface area contributed by atoms with Gasteiger partial charge in [0.2, 0.25) is 0 Å². The number of hydrogen-bond acceptors (Lipinski definition) is 3. The molecule has 1 saturated heterocycles. The van der Waals surface area contributed by atoms with Gasteiger partial charge in [0.05, 0.1) is 6.04 Å². The van der Waals surface area contributed by atoms with Gasteiger partial charge >= 0.3 is 6.09 Å². The normalized spacial score (nSPS) is 21.6. The van der Waals surface area contributed by atoms with Crippen molar-refractivity contribution in [3.63, 3.8) is 0 Å². The van der Waals surface area contributed by atoms with Gasteiger partial charge in [-0.2, -0.15) is 0 Å². The fourth-order valence-electron chi connectivity index (χ4n) is 4.18. The second-order valence-corrected chi connectivity index (χ2v) is 6.82. The van der Waals surface area contributed by atoms with Gasteiger partial charge in [-0.15, -0.1) is 0 Å². The molecule has 2 heterocycles. The van der Waals surface area contributed by atoms with Crippen molar-refractivity contribution in [2.75, 3.05) is 24.5 Å². The quantitative estimate of drug-likeness (QED) is 0.841. The van der Waals surface area contributed by atoms with Gasteiger partial charge in [-0.05, 0) is 30.5 Å². The summed E-state index contributed by atoms with van der Waals surface area (Å²) in [7, 11) is 0. The number of fused-ring (bicyclic) bond motifs is 3. The van der Waals surface area contributed by atoms with E-state index in [-0.39, 0.29) is 12.1 Å². The number of nitrogens with zero attached hydrogens (tertiary/aromatic N) is 2. The van der Waals surface area contributed by atoms with E-state index in [1.54, 1.807) is 0 Å². The number of para-hydroxylation sites is 1. The minimum Gasteiger partial charge on any atom is -0.445 e. The maximum atomic E-state index is 12.7. The molecule has 0 aliphatic carbocycles. The Morgan fingerprint density at radius 3 is 2.68 bits per heavy atom. The van der Waals surface area contributed by atoms with E-state index in [2.05, 4.69) is 36.1 Å². The van der Waals surface area contributed by atoms with Crippen LogP contribution in [0.15, 0.2) is 54.6 Å². The summed E-state index contributed by atoms with van der Waals surface area (Å²) in [5.74, 6) is 0.485. The van der Waals surface area contributed by atoms with Crippen molar-refractivity contribution in [1.29, 1.82) is 0 Å². The van der Waals surface area contributed by atoms with Gasteiger partial charge in [0, 0.05) is 31.2 Å². The summed E-state index contributed by atoms with van der Waals surface area (Å²) in [4.78, 5) is 17.1. The van der Waals surface area contributed by atoms with Crippen molar-refractivity contribution >= 4 is 11.8 Å². The van der Waals surface area contributed by atoms with Crippen LogP contribution in [0.4, 0.5) is 10.5 Å². The van der Waals surface area contributed by atoms with Crippen LogP contribution in [0.2, 0.25) is 0 Å². The molecule has 0 unspecified atom stereocenters. The van der Waals surface area contributed by atoms with Crippen molar-refractivity contribution < 1.29 is 9.53 Å². The molecular formula is C21H24N2O2. The van der Waals surface area contributed by atoms with E-state index in [4.69, 9.17) is 4.74 Å². The molecule has 2 aliphatic heterocycles. The lowest BCUT2D eigenvalue weighted by molar-refractivity contribution is 0.0877. The fourth-order valence-corrected chi connectivity index (χ4v) is 4.18. The Kier molecular flexibility index (Phi) is 4.35. The number of anilines is 1. The van der Waals surface area contributed by atoms with Crippen LogP contribution in [0.1, 0.15) is 30.5 Å². The van der Waals surface area contributed by atoms with Crippen LogP contribution >= 0.6 is 0 Å². The Balaban J connectivity index is 1.53. The number of likely N-dealkylation sites (tertiary alicyclic amines) is 1. The Bertz CT molecular complexity index is 747. The lowest BCUT2D eigenvalue weighted by Crippen LogP contribution is -2.41. The van der Waals surface area contributed by atoms with E-state index in [0.29, 0.717) is 12.5 Å². The van der Waals surface area contributed by atoms with Crippen molar-refractivity contribution in [1.82, 2.24) is 4.90 Å². The molecule has 2 aromatic carbocycles. The van der Waals surface area contributed by atoms with Crippen LogP contribution in [-0.4, -0.2) is 30.6 Å². The number of hydrogen-bond donors (Lipinski definition) is 0. The van der Waals surface area contributed by atoms with Crippen LogP contribution in [0, 0.1) is 5.92 Å². The molecule has 0 N–H and O–H groups in total. The monoisotopic (exact) mass is 336 g/mol. The average Bonchev–Trinajstić information content (AvgIpc) is 3.10. The standard InChI is InChI=1S/C21H24N2O2/c1-2-22-14-17-12-13-23(20(17)18-10-6-7-11-19(18)22)21(24)25-15-16-8-4-3-5-9-16/h3-11,17,20H,2,12-15H2,1H3/t17-,20-/m0/s1. The van der Waals surface area contributed by atoms with Crippen LogP contribution in [-0.2, 0) is 11.3 Å². The first-order valence-electron chi connectivity index (χ1n) is 9.09. The zero-order valence-corrected chi connectivity index (χ0v) is 14.6. The first kappa shape index (κ1) is 16.0. The lowest BCUT2D eigenvalue weighted by Gasteiger charge is -2.40. The molecule has 0 saturated carbocycles. The van der Waals surface area contributed by atoms with Gasteiger partial charge in [0.15, 0.2) is 0 Å². The molecule has 2 atom stereocenters. The average molecular weight is 336 g/mol. The van der Waals surface area contributed by atoms with E-state index >= 15 is 0 Å². The van der Waals surface area contributed by atoms with Gasteiger partial charge < -0.3 is 14.5 Å². The first-order chi connectivity index (χ1) is 12.3. The summed E-state index contributed by atoms with van der Waals surface area (Å²) in [6.45, 7) is 5.31. The van der Waals surface area contributed by atoms with Crippen LogP contribution in [0.5, 0.6) is 0 Å². The van der Waals surface area contributed by atoms with Gasteiger partial charge in [0.25, 0.3) is 0 Å². The summed E-state index contributed by atoms with van der Waals surface area (Å²) < 4.78 is 5.60. The molecule has 0 aromatic heterocycles. The summed E-state index contributed by atoms with van der Waals surface area (Å²) in [5.41, 5.74) is 3.54. The molecule has 4 heteroatoms. The van der Waals surface area contributed by atoms with E-state index in [1.165, 1.54) is 11.3 Å². The Labute approximate surface area is 149 Å². The van der Waals surface area contributed by atoms with E-state index in [1.807, 2.05) is 35.2 Å². The molecule has 4 nitrogen and oxygen atoms in total. The number of ether oxygens (including phenoxy) is 1. The lowest BCUT2D eigenvalue weighted by atomic mass is 9.88. The number of carbonyl (C=O) groups excluding carboxylic acids is 1.